The molecule has 0 aromatic carbocycles. The van der Waals surface area contributed by atoms with Crippen LogP contribution in [0, 0.1) is 0 Å². The number of hydrogen-bond donors (Lipinski definition) is 2. The smallest absolute Gasteiger partial charge is 0.189 e. The Bertz CT molecular complexity index is 389. The van der Waals surface area contributed by atoms with Gasteiger partial charge in [0.05, 0.1) is 0 Å². The van der Waals surface area contributed by atoms with Gasteiger partial charge in [-0.25, -0.2) is 9.98 Å². The molecule has 1 heterocycles. The molecule has 1 aliphatic rings. The van der Waals surface area contributed by atoms with Crippen LogP contribution in [0.5, 0.6) is 0 Å². The van der Waals surface area contributed by atoms with Crippen molar-refractivity contribution in [1.29, 1.82) is 0 Å². The molecule has 0 amide bonds. The highest BCUT2D eigenvalue weighted by Gasteiger charge is 2.12. The lowest BCUT2D eigenvalue weighted by molar-refractivity contribution is 0.530. The van der Waals surface area contributed by atoms with Crippen molar-refractivity contribution in [3.63, 3.8) is 0 Å². The van der Waals surface area contributed by atoms with E-state index in [2.05, 4.69) is 20.4 Å². The van der Waals surface area contributed by atoms with Crippen molar-refractivity contribution >= 4 is 5.96 Å². The molecule has 0 bridgehead atoms. The molecule has 0 radical (unpaired) electrons. The van der Waals surface area contributed by atoms with Crippen LogP contribution >= 0.6 is 0 Å². The summed E-state index contributed by atoms with van der Waals surface area (Å²) in [5.74, 6) is 1.21. The first-order chi connectivity index (χ1) is 8.74. The number of nitrogens with two attached hydrogens (primary N) is 1. The van der Waals surface area contributed by atoms with E-state index in [0.29, 0.717) is 24.4 Å². The quantitative estimate of drug-likeness (QED) is 0.475. The van der Waals surface area contributed by atoms with Gasteiger partial charge in [-0.15, -0.1) is 0 Å². The Morgan fingerprint density at radius 1 is 1.44 bits per heavy atom. The Hall–Kier alpha value is -1.59. The highest BCUT2D eigenvalue weighted by molar-refractivity contribution is 5.78. The highest BCUT2D eigenvalue weighted by Crippen LogP contribution is 2.16. The molecule has 3 N–H and O–H groups in total. The largest absolute Gasteiger partial charge is 0.370 e. The van der Waals surface area contributed by atoms with Crippen LogP contribution in [0.4, 0.5) is 0 Å². The van der Waals surface area contributed by atoms with Gasteiger partial charge in [0.1, 0.15) is 12.9 Å². The first-order valence-corrected chi connectivity index (χ1v) is 6.65. The average Bonchev–Trinajstić information content (AvgIpc) is 2.60. The summed E-state index contributed by atoms with van der Waals surface area (Å²) in [7, 11) is 1.84. The lowest BCUT2D eigenvalue weighted by Gasteiger charge is -2.16. The molecule has 2 rings (SSSR count). The molecule has 0 saturated heterocycles. The second-order valence-corrected chi connectivity index (χ2v) is 4.87. The minimum Gasteiger partial charge on any atom is -0.370 e. The number of hydrogen-bond acceptors (Lipinski definition) is 3. The van der Waals surface area contributed by atoms with E-state index in [1.165, 1.54) is 38.5 Å². The first-order valence-electron chi connectivity index (χ1n) is 6.65. The molecule has 0 spiro atoms. The van der Waals surface area contributed by atoms with E-state index in [1.807, 2.05) is 7.05 Å². The number of nitrogens with zero attached hydrogens (tertiary/aromatic N) is 4. The fourth-order valence-corrected chi connectivity index (χ4v) is 2.29. The Morgan fingerprint density at radius 3 is 2.78 bits per heavy atom. The van der Waals surface area contributed by atoms with Crippen LogP contribution in [0.1, 0.15) is 44.3 Å². The van der Waals surface area contributed by atoms with Gasteiger partial charge in [0, 0.05) is 13.1 Å². The molecule has 1 fully saturated rings. The van der Waals surface area contributed by atoms with Gasteiger partial charge in [-0.05, 0) is 12.8 Å². The summed E-state index contributed by atoms with van der Waals surface area (Å²) in [5.41, 5.74) is 5.89. The minimum atomic E-state index is 0.437. The SMILES string of the molecule is Cn1cnc(CN=C(N)NC2CCCCCC2)n1. The zero-order valence-electron chi connectivity index (χ0n) is 11.0. The van der Waals surface area contributed by atoms with Crippen molar-refractivity contribution in [1.82, 2.24) is 20.1 Å². The number of aliphatic imine (C=N–C) groups is 1. The number of guanidine groups is 1. The third-order valence-electron chi connectivity index (χ3n) is 3.25. The van der Waals surface area contributed by atoms with Crippen LogP contribution in [-0.4, -0.2) is 26.8 Å². The van der Waals surface area contributed by atoms with E-state index in [1.54, 1.807) is 11.0 Å². The number of rotatable bonds is 3. The molecule has 6 nitrogen and oxygen atoms in total. The molecular weight excluding hydrogens is 228 g/mol. The van der Waals surface area contributed by atoms with E-state index in [9.17, 15) is 0 Å². The van der Waals surface area contributed by atoms with Crippen molar-refractivity contribution in [2.75, 3.05) is 0 Å². The predicted octanol–water partition coefficient (Wildman–Crippen LogP) is 0.942. The Labute approximate surface area is 108 Å². The van der Waals surface area contributed by atoms with Gasteiger partial charge >= 0.3 is 0 Å². The molecular formula is C12H22N6. The molecule has 1 aromatic heterocycles. The van der Waals surface area contributed by atoms with Crippen LogP contribution in [0.2, 0.25) is 0 Å². The van der Waals surface area contributed by atoms with Gasteiger partial charge in [0.25, 0.3) is 0 Å². The molecule has 1 aromatic rings. The van der Waals surface area contributed by atoms with Gasteiger partial charge in [-0.2, -0.15) is 5.10 Å². The first kappa shape index (κ1) is 12.9. The van der Waals surface area contributed by atoms with E-state index >= 15 is 0 Å². The van der Waals surface area contributed by atoms with Gasteiger partial charge in [0.15, 0.2) is 11.8 Å². The molecule has 18 heavy (non-hydrogen) atoms. The topological polar surface area (TPSA) is 81.1 Å². The maximum atomic E-state index is 5.89. The molecule has 1 aliphatic carbocycles. The van der Waals surface area contributed by atoms with Crippen molar-refractivity contribution in [3.05, 3.63) is 12.2 Å². The van der Waals surface area contributed by atoms with Crippen molar-refractivity contribution in [3.8, 4) is 0 Å². The molecule has 0 atom stereocenters. The zero-order valence-corrected chi connectivity index (χ0v) is 11.0. The van der Waals surface area contributed by atoms with Crippen LogP contribution in [0.25, 0.3) is 0 Å². The monoisotopic (exact) mass is 250 g/mol. The van der Waals surface area contributed by atoms with Gasteiger partial charge in [0.2, 0.25) is 0 Å². The third kappa shape index (κ3) is 4.01. The summed E-state index contributed by atoms with van der Waals surface area (Å²) in [6.45, 7) is 0.437. The molecule has 0 aliphatic heterocycles. The lowest BCUT2D eigenvalue weighted by Crippen LogP contribution is -2.39. The molecule has 6 heteroatoms. The fourth-order valence-electron chi connectivity index (χ4n) is 2.29. The number of aromatic nitrogens is 3. The summed E-state index contributed by atoms with van der Waals surface area (Å²) in [4.78, 5) is 8.39. The standard InChI is InChI=1S/C12H22N6/c1-18-9-15-11(17-18)8-14-12(13)16-10-6-4-2-3-5-7-10/h9-10H,2-8H2,1H3,(H3,13,14,16). The van der Waals surface area contributed by atoms with Crippen LogP contribution < -0.4 is 11.1 Å². The lowest BCUT2D eigenvalue weighted by atomic mass is 10.1. The maximum Gasteiger partial charge on any atom is 0.189 e. The average molecular weight is 250 g/mol. The minimum absolute atomic E-state index is 0.437. The molecule has 1 saturated carbocycles. The summed E-state index contributed by atoms with van der Waals surface area (Å²) in [5, 5.41) is 7.46. The summed E-state index contributed by atoms with van der Waals surface area (Å²) < 4.78 is 1.67. The zero-order chi connectivity index (χ0) is 12.8. The van der Waals surface area contributed by atoms with Crippen LogP contribution in [0.3, 0.4) is 0 Å². The van der Waals surface area contributed by atoms with Gasteiger partial charge < -0.3 is 11.1 Å². The van der Waals surface area contributed by atoms with E-state index < -0.39 is 0 Å². The Morgan fingerprint density at radius 2 is 2.17 bits per heavy atom. The number of aryl methyl sites for hydroxylation is 1. The summed E-state index contributed by atoms with van der Waals surface area (Å²) >= 11 is 0. The summed E-state index contributed by atoms with van der Waals surface area (Å²) in [6.07, 6.45) is 9.30. The van der Waals surface area contributed by atoms with Crippen LogP contribution in [-0.2, 0) is 13.6 Å². The van der Waals surface area contributed by atoms with Crippen molar-refractivity contribution < 1.29 is 0 Å². The van der Waals surface area contributed by atoms with Gasteiger partial charge in [-0.3, -0.25) is 4.68 Å². The maximum absolute atomic E-state index is 5.89. The number of nitrogens with one attached hydrogen (secondary N) is 1. The normalized spacial score (nSPS) is 18.6. The highest BCUT2D eigenvalue weighted by atomic mass is 15.3. The molecule has 100 valence electrons. The fraction of sp³-hybridized carbons (Fsp3) is 0.750. The van der Waals surface area contributed by atoms with E-state index in [-0.39, 0.29) is 0 Å². The Balaban J connectivity index is 1.80. The third-order valence-corrected chi connectivity index (χ3v) is 3.25. The van der Waals surface area contributed by atoms with E-state index in [4.69, 9.17) is 5.73 Å². The predicted molar refractivity (Wildman–Crippen MR) is 71.0 cm³/mol. The second kappa shape index (κ2) is 6.37. The van der Waals surface area contributed by atoms with Crippen molar-refractivity contribution in [2.24, 2.45) is 17.8 Å². The molecule has 0 unspecified atom stereocenters. The summed E-state index contributed by atoms with van der Waals surface area (Å²) in [6, 6.07) is 0.480. The van der Waals surface area contributed by atoms with Crippen molar-refractivity contribution in [2.45, 2.75) is 51.1 Å². The Kier molecular flexibility index (Phi) is 4.55. The van der Waals surface area contributed by atoms with Crippen LogP contribution in [0.15, 0.2) is 11.3 Å². The van der Waals surface area contributed by atoms with E-state index in [0.717, 1.165) is 0 Å². The van der Waals surface area contributed by atoms with Gasteiger partial charge in [-0.1, -0.05) is 25.7 Å². The second-order valence-electron chi connectivity index (χ2n) is 4.87.